The summed E-state index contributed by atoms with van der Waals surface area (Å²) in [7, 11) is 0. The monoisotopic (exact) mass is 290 g/mol. The molecule has 7 nitrogen and oxygen atoms in total. The second-order valence-corrected chi connectivity index (χ2v) is 4.90. The Bertz CT molecular complexity index is 753. The lowest BCUT2D eigenvalue weighted by Crippen LogP contribution is -1.94. The van der Waals surface area contributed by atoms with E-state index in [1.54, 1.807) is 11.4 Å². The van der Waals surface area contributed by atoms with Crippen LogP contribution in [-0.2, 0) is 6.54 Å². The van der Waals surface area contributed by atoms with Gasteiger partial charge in [-0.1, -0.05) is 5.16 Å². The second-order valence-electron chi connectivity index (χ2n) is 3.96. The normalized spacial score (nSPS) is 10.8. The van der Waals surface area contributed by atoms with Crippen LogP contribution in [0.1, 0.15) is 5.01 Å². The number of aromatic nitrogens is 3. The Morgan fingerprint density at radius 3 is 2.75 bits per heavy atom. The summed E-state index contributed by atoms with van der Waals surface area (Å²) < 4.78 is 5.13. The first kappa shape index (κ1) is 12.6. The van der Waals surface area contributed by atoms with Crippen molar-refractivity contribution in [1.82, 2.24) is 15.1 Å². The van der Waals surface area contributed by atoms with Crippen molar-refractivity contribution < 1.29 is 14.7 Å². The third kappa shape index (κ3) is 2.22. The number of benzene rings is 1. The highest BCUT2D eigenvalue weighted by atomic mass is 32.1. The van der Waals surface area contributed by atoms with E-state index in [1.165, 1.54) is 23.5 Å². The molecular weight excluding hydrogens is 280 g/mol. The third-order valence-corrected chi connectivity index (χ3v) is 3.48. The molecule has 0 bridgehead atoms. The van der Waals surface area contributed by atoms with E-state index in [-0.39, 0.29) is 17.4 Å². The van der Waals surface area contributed by atoms with Crippen molar-refractivity contribution in [2.75, 3.05) is 0 Å². The number of hydrogen-bond donors (Lipinski definition) is 3. The van der Waals surface area contributed by atoms with Crippen molar-refractivity contribution in [3.63, 3.8) is 0 Å². The number of nitrogens with zero attached hydrogens (tertiary/aromatic N) is 3. The maximum atomic E-state index is 9.46. The molecule has 0 unspecified atom stereocenters. The molecule has 0 amide bonds. The third-order valence-electron chi connectivity index (χ3n) is 2.61. The van der Waals surface area contributed by atoms with Crippen molar-refractivity contribution in [2.45, 2.75) is 6.54 Å². The lowest BCUT2D eigenvalue weighted by Gasteiger charge is -1.98. The number of aromatic hydroxyl groups is 2. The Balaban J connectivity index is 1.95. The van der Waals surface area contributed by atoms with Gasteiger partial charge in [0.05, 0.1) is 0 Å². The molecule has 0 saturated carbocycles. The van der Waals surface area contributed by atoms with E-state index in [9.17, 15) is 10.2 Å². The van der Waals surface area contributed by atoms with Crippen molar-refractivity contribution in [1.29, 1.82) is 0 Å². The Hall–Kier alpha value is -2.45. The molecule has 0 radical (unpaired) electrons. The first-order chi connectivity index (χ1) is 9.67. The number of nitrogens with two attached hydrogens (primary N) is 1. The molecule has 3 aromatic rings. The number of hydrogen-bond acceptors (Lipinski definition) is 8. The molecule has 0 fully saturated rings. The molecule has 0 atom stereocenters. The molecule has 0 aliphatic rings. The lowest BCUT2D eigenvalue weighted by molar-refractivity contribution is 0.404. The van der Waals surface area contributed by atoms with Crippen molar-refractivity contribution in [3.8, 4) is 34.5 Å². The van der Waals surface area contributed by atoms with Crippen LogP contribution in [0.5, 0.6) is 11.5 Å². The van der Waals surface area contributed by atoms with E-state index in [2.05, 4.69) is 15.1 Å². The minimum Gasteiger partial charge on any atom is -0.504 e. The molecule has 1 aromatic carbocycles. The van der Waals surface area contributed by atoms with E-state index in [0.29, 0.717) is 23.6 Å². The number of rotatable bonds is 3. The van der Waals surface area contributed by atoms with Gasteiger partial charge in [0, 0.05) is 17.5 Å². The van der Waals surface area contributed by atoms with Crippen LogP contribution in [0.3, 0.4) is 0 Å². The van der Waals surface area contributed by atoms with Gasteiger partial charge in [0.25, 0.3) is 5.89 Å². The largest absolute Gasteiger partial charge is 0.504 e. The summed E-state index contributed by atoms with van der Waals surface area (Å²) in [5.41, 5.74) is 6.60. The fourth-order valence-electron chi connectivity index (χ4n) is 1.61. The van der Waals surface area contributed by atoms with E-state index >= 15 is 0 Å². The van der Waals surface area contributed by atoms with Crippen LogP contribution in [0, 0.1) is 0 Å². The minimum atomic E-state index is -0.243. The highest BCUT2D eigenvalue weighted by Gasteiger charge is 2.14. The number of phenolic OH excluding ortho intramolecular Hbond substituents is 2. The number of phenols is 2. The Kier molecular flexibility index (Phi) is 3.09. The smallest absolute Gasteiger partial charge is 0.277 e. The van der Waals surface area contributed by atoms with Gasteiger partial charge in [-0.3, -0.25) is 0 Å². The highest BCUT2D eigenvalue weighted by Crippen LogP contribution is 2.30. The van der Waals surface area contributed by atoms with Crippen molar-refractivity contribution in [3.05, 3.63) is 28.6 Å². The maximum absolute atomic E-state index is 9.46. The molecular formula is C12H10N4O3S. The van der Waals surface area contributed by atoms with Crippen LogP contribution < -0.4 is 5.73 Å². The molecule has 102 valence electrons. The van der Waals surface area contributed by atoms with Gasteiger partial charge in [-0.05, 0) is 18.2 Å². The quantitative estimate of drug-likeness (QED) is 0.628. The van der Waals surface area contributed by atoms with Crippen LogP contribution in [0.4, 0.5) is 0 Å². The first-order valence-electron chi connectivity index (χ1n) is 5.68. The average molecular weight is 290 g/mol. The molecule has 0 saturated heterocycles. The second kappa shape index (κ2) is 4.91. The lowest BCUT2D eigenvalue weighted by atomic mass is 10.2. The summed E-state index contributed by atoms with van der Waals surface area (Å²) in [6.07, 6.45) is 0. The summed E-state index contributed by atoms with van der Waals surface area (Å²) in [6, 6.07) is 4.29. The zero-order valence-electron chi connectivity index (χ0n) is 10.1. The Morgan fingerprint density at radius 2 is 2.05 bits per heavy atom. The SMILES string of the molecule is NCc1nc(-c2nc(-c3ccc(O)c(O)c3)no2)cs1. The molecule has 4 N–H and O–H groups in total. The van der Waals surface area contributed by atoms with Gasteiger partial charge in [0.2, 0.25) is 5.82 Å². The van der Waals surface area contributed by atoms with Crippen molar-refractivity contribution in [2.24, 2.45) is 5.73 Å². The Labute approximate surface area is 117 Å². The average Bonchev–Trinajstić information content (AvgIpc) is 3.09. The van der Waals surface area contributed by atoms with Gasteiger partial charge < -0.3 is 20.5 Å². The van der Waals surface area contributed by atoms with Gasteiger partial charge in [-0.25, -0.2) is 4.98 Å². The topological polar surface area (TPSA) is 118 Å². The van der Waals surface area contributed by atoms with E-state index in [1.807, 2.05) is 0 Å². The zero-order chi connectivity index (χ0) is 14.1. The summed E-state index contributed by atoms with van der Waals surface area (Å²) in [6.45, 7) is 0.359. The predicted octanol–water partition coefficient (Wildman–Crippen LogP) is 1.73. The summed E-state index contributed by atoms with van der Waals surface area (Å²) in [5, 5.41) is 25.1. The molecule has 2 heterocycles. The fraction of sp³-hybridized carbons (Fsp3) is 0.0833. The van der Waals surface area contributed by atoms with E-state index in [4.69, 9.17) is 10.3 Å². The van der Waals surface area contributed by atoms with Crippen LogP contribution in [0.2, 0.25) is 0 Å². The first-order valence-corrected chi connectivity index (χ1v) is 6.56. The van der Waals surface area contributed by atoms with Crippen LogP contribution in [0.25, 0.3) is 23.0 Å². The molecule has 0 spiro atoms. The zero-order valence-corrected chi connectivity index (χ0v) is 11.0. The van der Waals surface area contributed by atoms with Crippen LogP contribution in [-0.4, -0.2) is 25.3 Å². The maximum Gasteiger partial charge on any atom is 0.277 e. The summed E-state index contributed by atoms with van der Waals surface area (Å²) in [4.78, 5) is 8.45. The standard InChI is InChI=1S/C12H10N4O3S/c13-4-10-14-7(5-20-10)12-15-11(16-19-12)6-1-2-8(17)9(18)3-6/h1-3,5,17-18H,4,13H2. The molecule has 2 aromatic heterocycles. The fourth-order valence-corrected chi connectivity index (χ4v) is 2.26. The summed E-state index contributed by atoms with van der Waals surface area (Å²) in [5.74, 6) is 0.138. The van der Waals surface area contributed by atoms with Gasteiger partial charge in [-0.15, -0.1) is 11.3 Å². The van der Waals surface area contributed by atoms with Crippen LogP contribution >= 0.6 is 11.3 Å². The molecule has 20 heavy (non-hydrogen) atoms. The van der Waals surface area contributed by atoms with Gasteiger partial charge in [0.1, 0.15) is 10.7 Å². The van der Waals surface area contributed by atoms with E-state index in [0.717, 1.165) is 5.01 Å². The molecule has 3 rings (SSSR count). The predicted molar refractivity (Wildman–Crippen MR) is 72.1 cm³/mol. The molecule has 0 aliphatic carbocycles. The van der Waals surface area contributed by atoms with Crippen molar-refractivity contribution >= 4 is 11.3 Å². The summed E-state index contributed by atoms with van der Waals surface area (Å²) >= 11 is 1.42. The van der Waals surface area contributed by atoms with Crippen LogP contribution in [0.15, 0.2) is 28.1 Å². The van der Waals surface area contributed by atoms with Gasteiger partial charge >= 0.3 is 0 Å². The minimum absolute atomic E-state index is 0.204. The number of thiazole rings is 1. The highest BCUT2D eigenvalue weighted by molar-refractivity contribution is 7.09. The molecule has 0 aliphatic heterocycles. The van der Waals surface area contributed by atoms with Gasteiger partial charge in [0.15, 0.2) is 11.5 Å². The molecule has 8 heteroatoms. The van der Waals surface area contributed by atoms with Gasteiger partial charge in [-0.2, -0.15) is 4.98 Å². The van der Waals surface area contributed by atoms with E-state index < -0.39 is 0 Å². The Morgan fingerprint density at radius 1 is 1.20 bits per heavy atom.